The van der Waals surface area contributed by atoms with E-state index in [0.29, 0.717) is 5.84 Å². The molecule has 61 heavy (non-hydrogen) atoms. The zero-order chi connectivity index (χ0) is 40.0. The molecular formula is C56H37N3O2. The van der Waals surface area contributed by atoms with Crippen LogP contribution in [0, 0.1) is 0 Å². The highest BCUT2D eigenvalue weighted by Gasteiger charge is 2.30. The van der Waals surface area contributed by atoms with E-state index in [1.165, 1.54) is 44.0 Å². The van der Waals surface area contributed by atoms with Gasteiger partial charge in [0.25, 0.3) is 0 Å². The van der Waals surface area contributed by atoms with Crippen molar-refractivity contribution in [3.8, 4) is 11.1 Å². The van der Waals surface area contributed by atoms with E-state index in [0.717, 1.165) is 84.6 Å². The quantitative estimate of drug-likeness (QED) is 0.193. The summed E-state index contributed by atoms with van der Waals surface area (Å²) < 4.78 is 13.2. The number of rotatable bonds is 4. The molecule has 0 radical (unpaired) electrons. The van der Waals surface area contributed by atoms with Gasteiger partial charge in [0.2, 0.25) is 0 Å². The first-order valence-electron chi connectivity index (χ1n) is 21.1. The highest BCUT2D eigenvalue weighted by Crippen LogP contribution is 2.46. The molecule has 0 bridgehead atoms. The molecule has 9 aromatic carbocycles. The Morgan fingerprint density at radius 3 is 1.97 bits per heavy atom. The van der Waals surface area contributed by atoms with Gasteiger partial charge in [0.1, 0.15) is 34.3 Å². The van der Waals surface area contributed by atoms with E-state index in [4.69, 9.17) is 18.8 Å². The molecule has 0 spiro atoms. The summed E-state index contributed by atoms with van der Waals surface area (Å²) in [4.78, 5) is 10.8. The molecule has 2 aliphatic rings. The summed E-state index contributed by atoms with van der Waals surface area (Å²) in [6, 6.07) is 65.0. The Bertz CT molecular complexity index is 3660. The minimum absolute atomic E-state index is 0.0924. The summed E-state index contributed by atoms with van der Waals surface area (Å²) in [5, 5.41) is 13.0. The molecule has 2 aromatic heterocycles. The van der Waals surface area contributed by atoms with Crippen molar-refractivity contribution in [2.24, 2.45) is 9.98 Å². The average Bonchev–Trinajstić information content (AvgIpc) is 3.85. The molecule has 1 aliphatic carbocycles. The van der Waals surface area contributed by atoms with Gasteiger partial charge < -0.3 is 14.2 Å². The zero-order valence-electron chi connectivity index (χ0n) is 33.1. The Balaban J connectivity index is 1.03. The Hall–Kier alpha value is -7.76. The van der Waals surface area contributed by atoms with Crippen LogP contribution in [0.4, 0.5) is 0 Å². The van der Waals surface area contributed by atoms with Gasteiger partial charge in [0.05, 0.1) is 0 Å². The summed E-state index contributed by atoms with van der Waals surface area (Å²) in [5.74, 6) is 1.49. The molecular weight excluding hydrogens is 747 g/mol. The minimum Gasteiger partial charge on any atom is -0.456 e. The van der Waals surface area contributed by atoms with Crippen molar-refractivity contribution < 1.29 is 8.83 Å². The van der Waals surface area contributed by atoms with Gasteiger partial charge in [0, 0.05) is 38.6 Å². The fraction of sp³-hybridized carbons (Fsp3) is 0.0714. The maximum Gasteiger partial charge on any atom is 0.160 e. The number of aryl methyl sites for hydroxylation is 1. The highest BCUT2D eigenvalue weighted by molar-refractivity contribution is 6.22. The maximum atomic E-state index is 6.79. The van der Waals surface area contributed by atoms with Gasteiger partial charge in [-0.2, -0.15) is 0 Å². The number of hydrogen-bond acceptors (Lipinski definition) is 5. The predicted octanol–water partition coefficient (Wildman–Crippen LogP) is 14.0. The number of furan rings is 2. The Morgan fingerprint density at radius 1 is 0.475 bits per heavy atom. The third kappa shape index (κ3) is 5.47. The van der Waals surface area contributed by atoms with Gasteiger partial charge in [-0.15, -0.1) is 0 Å². The molecule has 3 heterocycles. The number of nitrogens with zero attached hydrogens (tertiary/aromatic N) is 2. The molecule has 13 rings (SSSR count). The number of para-hydroxylation sites is 2. The van der Waals surface area contributed by atoms with E-state index in [1.54, 1.807) is 0 Å². The average molecular weight is 784 g/mol. The van der Waals surface area contributed by atoms with Crippen LogP contribution in [0.15, 0.2) is 201 Å². The summed E-state index contributed by atoms with van der Waals surface area (Å²) in [5.41, 5.74) is 12.9. The first-order valence-corrected chi connectivity index (χ1v) is 21.1. The number of amidine groups is 2. The van der Waals surface area contributed by atoms with Crippen molar-refractivity contribution in [2.45, 2.75) is 24.9 Å². The van der Waals surface area contributed by atoms with Crippen molar-refractivity contribution >= 4 is 77.1 Å². The monoisotopic (exact) mass is 783 g/mol. The predicted molar refractivity (Wildman–Crippen MR) is 250 cm³/mol. The molecule has 0 fully saturated rings. The second kappa shape index (κ2) is 13.4. The number of nitrogens with one attached hydrogen (secondary N) is 1. The highest BCUT2D eigenvalue weighted by atomic mass is 16.3. The lowest BCUT2D eigenvalue weighted by molar-refractivity contribution is 0.665. The van der Waals surface area contributed by atoms with Crippen molar-refractivity contribution in [1.29, 1.82) is 0 Å². The van der Waals surface area contributed by atoms with Crippen LogP contribution in [-0.2, 0) is 6.42 Å². The minimum atomic E-state index is -0.405. The van der Waals surface area contributed by atoms with Crippen LogP contribution in [0.3, 0.4) is 0 Å². The number of benzene rings is 9. The van der Waals surface area contributed by atoms with Crippen LogP contribution in [0.1, 0.15) is 51.9 Å². The largest absolute Gasteiger partial charge is 0.456 e. The standard InChI is InChI=1S/C56H37N3O2/c1-2-13-34-29-38(25-24-33(34)12-1)54-57-55(59-56(58-54)45-20-11-23-50-52(45)43-18-7-9-21-48(43)60-50)39-31-47(53-44-19-8-10-22-49(44)61-51(53)32-39)42-27-26-37-28-35-14-3-4-15-36(35)30-46(37)41-17-6-5-16-40(41)42/h1-25,28-32,42,54H,26-27H2,(H,57,58,59). The molecule has 0 saturated heterocycles. The van der Waals surface area contributed by atoms with Crippen molar-refractivity contribution in [3.63, 3.8) is 0 Å². The van der Waals surface area contributed by atoms with E-state index >= 15 is 0 Å². The number of fused-ring (bicyclic) bond motifs is 11. The fourth-order valence-corrected chi connectivity index (χ4v) is 10.1. The van der Waals surface area contributed by atoms with E-state index in [1.807, 2.05) is 24.3 Å². The normalized spacial score (nSPS) is 16.4. The Morgan fingerprint density at radius 2 is 1.13 bits per heavy atom. The van der Waals surface area contributed by atoms with E-state index in [2.05, 4.69) is 163 Å². The van der Waals surface area contributed by atoms with Crippen molar-refractivity contribution in [3.05, 3.63) is 215 Å². The molecule has 1 N–H and O–H groups in total. The van der Waals surface area contributed by atoms with Crippen LogP contribution in [0.2, 0.25) is 0 Å². The molecule has 2 atom stereocenters. The van der Waals surface area contributed by atoms with Crippen molar-refractivity contribution in [2.75, 3.05) is 0 Å². The topological polar surface area (TPSA) is 63.0 Å². The molecule has 2 unspecified atom stereocenters. The van der Waals surface area contributed by atoms with E-state index < -0.39 is 6.17 Å². The molecule has 11 aromatic rings. The van der Waals surface area contributed by atoms with E-state index in [-0.39, 0.29) is 5.92 Å². The third-order valence-corrected chi connectivity index (χ3v) is 12.9. The number of hydrogen-bond donors (Lipinski definition) is 1. The lowest BCUT2D eigenvalue weighted by atomic mass is 9.83. The summed E-state index contributed by atoms with van der Waals surface area (Å²) in [7, 11) is 0. The molecule has 1 aliphatic heterocycles. The summed E-state index contributed by atoms with van der Waals surface area (Å²) in [6.45, 7) is 0. The SMILES string of the molecule is c1ccc2c(c1)-c1cc3ccccc3cc1CCC2c1cc(C2=NC(c3cccc4oc5ccccc5c34)=NC(c3ccc4ccccc4c3)N2)cc2oc3ccccc3c12. The van der Waals surface area contributed by atoms with Gasteiger partial charge in [-0.25, -0.2) is 9.98 Å². The van der Waals surface area contributed by atoms with Crippen LogP contribution >= 0.6 is 0 Å². The summed E-state index contributed by atoms with van der Waals surface area (Å²) in [6.07, 6.45) is 1.49. The number of aliphatic imine (C=N–C) groups is 2. The van der Waals surface area contributed by atoms with Crippen LogP contribution in [0.25, 0.3) is 76.5 Å². The van der Waals surface area contributed by atoms with Crippen LogP contribution in [0.5, 0.6) is 0 Å². The Kier molecular flexibility index (Phi) is 7.49. The smallest absolute Gasteiger partial charge is 0.160 e. The molecule has 0 amide bonds. The fourth-order valence-electron chi connectivity index (χ4n) is 10.1. The van der Waals surface area contributed by atoms with Gasteiger partial charge in [-0.05, 0) is 110 Å². The van der Waals surface area contributed by atoms with Crippen LogP contribution < -0.4 is 5.32 Å². The lowest BCUT2D eigenvalue weighted by Gasteiger charge is -2.25. The molecule has 288 valence electrons. The first kappa shape index (κ1) is 34.1. The van der Waals surface area contributed by atoms with Crippen molar-refractivity contribution in [1.82, 2.24) is 5.32 Å². The Labute approximate surface area is 351 Å². The third-order valence-electron chi connectivity index (χ3n) is 12.9. The molecule has 5 nitrogen and oxygen atoms in total. The van der Waals surface area contributed by atoms with Crippen LogP contribution in [-0.4, -0.2) is 11.7 Å². The van der Waals surface area contributed by atoms with E-state index in [9.17, 15) is 0 Å². The molecule has 5 heteroatoms. The molecule has 0 saturated carbocycles. The zero-order valence-corrected chi connectivity index (χ0v) is 33.1. The first-order chi connectivity index (χ1) is 30.2. The lowest BCUT2D eigenvalue weighted by Crippen LogP contribution is -2.33. The van der Waals surface area contributed by atoms with Gasteiger partial charge in [-0.1, -0.05) is 140 Å². The maximum absolute atomic E-state index is 6.79. The van der Waals surface area contributed by atoms with Gasteiger partial charge in [-0.3, -0.25) is 0 Å². The van der Waals surface area contributed by atoms with Gasteiger partial charge >= 0.3 is 0 Å². The summed E-state index contributed by atoms with van der Waals surface area (Å²) >= 11 is 0. The second-order valence-corrected chi connectivity index (χ2v) is 16.4. The van der Waals surface area contributed by atoms with Gasteiger partial charge in [0.15, 0.2) is 5.84 Å². The second-order valence-electron chi connectivity index (χ2n) is 16.4.